The first-order valence-electron chi connectivity index (χ1n) is 7.28. The molecule has 0 aromatic heterocycles. The minimum Gasteiger partial charge on any atom is -0.490 e. The van der Waals surface area contributed by atoms with E-state index in [-0.39, 0.29) is 11.6 Å². The standard InChI is InChI=1S/C19H14BrNO3/c1-2-10-23-14-7-5-6-13(11-14)12-17-19(22)24-18(21-17)15-8-3-4-9-16(15)20/h2-9,11-12H,1,10H2/b17-12+. The van der Waals surface area contributed by atoms with Crippen molar-refractivity contribution in [2.75, 3.05) is 6.61 Å². The van der Waals surface area contributed by atoms with Crippen LogP contribution >= 0.6 is 15.9 Å². The zero-order valence-corrected chi connectivity index (χ0v) is 14.3. The number of carbonyl (C=O) groups is 1. The molecule has 2 aromatic rings. The first-order chi connectivity index (χ1) is 11.7. The number of halogens is 1. The number of hydrogen-bond donors (Lipinski definition) is 0. The third-order valence-electron chi connectivity index (χ3n) is 3.25. The summed E-state index contributed by atoms with van der Waals surface area (Å²) in [6.45, 7) is 4.04. The SMILES string of the molecule is C=CCOc1cccc(/C=C2/N=C(c3ccccc3Br)OC2=O)c1. The highest BCUT2D eigenvalue weighted by Gasteiger charge is 2.25. The second kappa shape index (κ2) is 7.27. The van der Waals surface area contributed by atoms with E-state index in [1.807, 2.05) is 48.5 Å². The molecule has 1 aliphatic rings. The summed E-state index contributed by atoms with van der Waals surface area (Å²) in [4.78, 5) is 16.4. The summed E-state index contributed by atoms with van der Waals surface area (Å²) in [6, 6.07) is 14.8. The van der Waals surface area contributed by atoms with Gasteiger partial charge in [0.2, 0.25) is 5.90 Å². The highest BCUT2D eigenvalue weighted by Crippen LogP contribution is 2.24. The van der Waals surface area contributed by atoms with Gasteiger partial charge < -0.3 is 9.47 Å². The predicted molar refractivity (Wildman–Crippen MR) is 96.9 cm³/mol. The Morgan fingerprint density at radius 2 is 2.04 bits per heavy atom. The molecule has 1 heterocycles. The number of aliphatic imine (C=N–C) groups is 1. The van der Waals surface area contributed by atoms with E-state index in [1.165, 1.54) is 0 Å². The molecule has 0 fully saturated rings. The van der Waals surface area contributed by atoms with Crippen LogP contribution in [0.25, 0.3) is 6.08 Å². The number of cyclic esters (lactones) is 1. The first-order valence-corrected chi connectivity index (χ1v) is 8.08. The van der Waals surface area contributed by atoms with E-state index < -0.39 is 5.97 Å². The van der Waals surface area contributed by atoms with Crippen molar-refractivity contribution in [1.29, 1.82) is 0 Å². The normalized spacial score (nSPS) is 15.1. The van der Waals surface area contributed by atoms with E-state index in [4.69, 9.17) is 9.47 Å². The molecule has 0 bridgehead atoms. The lowest BCUT2D eigenvalue weighted by Crippen LogP contribution is -2.05. The largest absolute Gasteiger partial charge is 0.490 e. The van der Waals surface area contributed by atoms with Gasteiger partial charge in [0.15, 0.2) is 5.70 Å². The van der Waals surface area contributed by atoms with Crippen LogP contribution in [-0.4, -0.2) is 18.5 Å². The molecule has 5 heteroatoms. The molecule has 0 N–H and O–H groups in total. The van der Waals surface area contributed by atoms with Gasteiger partial charge in [0.05, 0.1) is 5.56 Å². The summed E-state index contributed by atoms with van der Waals surface area (Å²) in [5.74, 6) is 0.515. The minimum atomic E-state index is -0.474. The Kier molecular flexibility index (Phi) is 4.91. The molecule has 0 aliphatic carbocycles. The fraction of sp³-hybridized carbons (Fsp3) is 0.0526. The van der Waals surface area contributed by atoms with Gasteiger partial charge in [0.25, 0.3) is 0 Å². The van der Waals surface area contributed by atoms with Crippen LogP contribution in [0.3, 0.4) is 0 Å². The van der Waals surface area contributed by atoms with Gasteiger partial charge in [-0.15, -0.1) is 0 Å². The van der Waals surface area contributed by atoms with Crippen LogP contribution in [0.2, 0.25) is 0 Å². The second-order valence-corrected chi connectivity index (χ2v) is 5.84. The van der Waals surface area contributed by atoms with E-state index in [0.717, 1.165) is 15.6 Å². The van der Waals surface area contributed by atoms with Crippen LogP contribution in [0.15, 0.2) is 76.3 Å². The van der Waals surface area contributed by atoms with Gasteiger partial charge in [-0.3, -0.25) is 0 Å². The molecule has 0 unspecified atom stereocenters. The Hall–Kier alpha value is -2.66. The average Bonchev–Trinajstić information content (AvgIpc) is 2.94. The number of rotatable bonds is 5. The summed E-state index contributed by atoms with van der Waals surface area (Å²) in [5, 5.41) is 0. The van der Waals surface area contributed by atoms with Gasteiger partial charge >= 0.3 is 5.97 Å². The second-order valence-electron chi connectivity index (χ2n) is 4.99. The highest BCUT2D eigenvalue weighted by atomic mass is 79.9. The van der Waals surface area contributed by atoms with Crippen molar-refractivity contribution in [1.82, 2.24) is 0 Å². The maximum Gasteiger partial charge on any atom is 0.363 e. The van der Waals surface area contributed by atoms with Crippen molar-refractivity contribution in [3.63, 3.8) is 0 Å². The van der Waals surface area contributed by atoms with Crippen LogP contribution in [-0.2, 0) is 9.53 Å². The van der Waals surface area contributed by atoms with Crippen molar-refractivity contribution < 1.29 is 14.3 Å². The molecule has 0 atom stereocenters. The van der Waals surface area contributed by atoms with E-state index in [1.54, 1.807) is 12.2 Å². The van der Waals surface area contributed by atoms with E-state index >= 15 is 0 Å². The summed E-state index contributed by atoms with van der Waals surface area (Å²) in [5.41, 5.74) is 1.79. The van der Waals surface area contributed by atoms with Crippen molar-refractivity contribution in [2.45, 2.75) is 0 Å². The van der Waals surface area contributed by atoms with Crippen molar-refractivity contribution >= 4 is 33.9 Å². The Balaban J connectivity index is 1.89. The molecule has 0 amide bonds. The van der Waals surface area contributed by atoms with Gasteiger partial charge in [-0.2, -0.15) is 0 Å². The topological polar surface area (TPSA) is 47.9 Å². The predicted octanol–water partition coefficient (Wildman–Crippen LogP) is 4.36. The third-order valence-corrected chi connectivity index (χ3v) is 3.95. The van der Waals surface area contributed by atoms with Crippen LogP contribution in [0.5, 0.6) is 5.75 Å². The molecule has 2 aromatic carbocycles. The molecular formula is C19H14BrNO3. The quantitative estimate of drug-likeness (QED) is 0.437. The zero-order valence-electron chi connectivity index (χ0n) is 12.7. The molecule has 3 rings (SSSR count). The maximum atomic E-state index is 12.1. The molecule has 1 aliphatic heterocycles. The van der Waals surface area contributed by atoms with Gasteiger partial charge in [-0.05, 0) is 51.8 Å². The molecule has 0 radical (unpaired) electrons. The van der Waals surface area contributed by atoms with E-state index in [0.29, 0.717) is 12.4 Å². The first kappa shape index (κ1) is 16.2. The Labute approximate surface area is 148 Å². The van der Waals surface area contributed by atoms with Crippen LogP contribution < -0.4 is 4.74 Å². The van der Waals surface area contributed by atoms with Crippen molar-refractivity contribution in [3.05, 3.63) is 82.5 Å². The number of benzene rings is 2. The fourth-order valence-electron chi connectivity index (χ4n) is 2.17. The summed E-state index contributed by atoms with van der Waals surface area (Å²) < 4.78 is 11.6. The Morgan fingerprint density at radius 3 is 2.83 bits per heavy atom. The lowest BCUT2D eigenvalue weighted by Gasteiger charge is -2.03. The minimum absolute atomic E-state index is 0.252. The molecule has 4 nitrogen and oxygen atoms in total. The maximum absolute atomic E-state index is 12.1. The Bertz CT molecular complexity index is 855. The van der Waals surface area contributed by atoms with Gasteiger partial charge in [0, 0.05) is 4.47 Å². The fourth-order valence-corrected chi connectivity index (χ4v) is 2.62. The van der Waals surface area contributed by atoms with Crippen LogP contribution in [0, 0.1) is 0 Å². The van der Waals surface area contributed by atoms with Gasteiger partial charge in [0.1, 0.15) is 12.4 Å². The monoisotopic (exact) mass is 383 g/mol. The molecule has 0 saturated carbocycles. The molecule has 0 saturated heterocycles. The average molecular weight is 384 g/mol. The number of esters is 1. The van der Waals surface area contributed by atoms with Crippen molar-refractivity contribution in [3.8, 4) is 5.75 Å². The molecular weight excluding hydrogens is 370 g/mol. The molecule has 24 heavy (non-hydrogen) atoms. The molecule has 0 spiro atoms. The number of nitrogens with zero attached hydrogens (tertiary/aromatic N) is 1. The van der Waals surface area contributed by atoms with E-state index in [9.17, 15) is 4.79 Å². The lowest BCUT2D eigenvalue weighted by atomic mass is 10.2. The van der Waals surface area contributed by atoms with Crippen molar-refractivity contribution in [2.24, 2.45) is 4.99 Å². The Morgan fingerprint density at radius 1 is 1.21 bits per heavy atom. The summed E-state index contributed by atoms with van der Waals surface area (Å²) in [7, 11) is 0. The highest BCUT2D eigenvalue weighted by molar-refractivity contribution is 9.10. The van der Waals surface area contributed by atoms with Crippen LogP contribution in [0.4, 0.5) is 0 Å². The third kappa shape index (κ3) is 3.63. The number of hydrogen-bond acceptors (Lipinski definition) is 4. The molecule has 120 valence electrons. The lowest BCUT2D eigenvalue weighted by molar-refractivity contribution is -0.129. The van der Waals surface area contributed by atoms with E-state index in [2.05, 4.69) is 27.5 Å². The zero-order chi connectivity index (χ0) is 16.9. The number of carbonyl (C=O) groups excluding carboxylic acids is 1. The van der Waals surface area contributed by atoms with Crippen LogP contribution in [0.1, 0.15) is 11.1 Å². The summed E-state index contributed by atoms with van der Waals surface area (Å²) >= 11 is 3.43. The van der Waals surface area contributed by atoms with Gasteiger partial charge in [-0.1, -0.05) is 36.9 Å². The number of ether oxygens (including phenoxy) is 2. The summed E-state index contributed by atoms with van der Waals surface area (Å²) in [6.07, 6.45) is 3.35. The van der Waals surface area contributed by atoms with Gasteiger partial charge in [-0.25, -0.2) is 9.79 Å². The smallest absolute Gasteiger partial charge is 0.363 e.